The Labute approximate surface area is 184 Å². The molecule has 0 saturated carbocycles. The second kappa shape index (κ2) is 8.29. The lowest BCUT2D eigenvalue weighted by Gasteiger charge is -2.35. The molecule has 1 saturated heterocycles. The van der Waals surface area contributed by atoms with E-state index in [9.17, 15) is 4.79 Å². The molecule has 4 rings (SSSR count). The van der Waals surface area contributed by atoms with Crippen molar-refractivity contribution in [3.05, 3.63) is 42.1 Å². The highest BCUT2D eigenvalue weighted by Gasteiger charge is 2.26. The summed E-state index contributed by atoms with van der Waals surface area (Å²) in [5, 5.41) is 4.77. The zero-order valence-electron chi connectivity index (χ0n) is 19.2. The van der Waals surface area contributed by atoms with Crippen molar-refractivity contribution in [2.75, 3.05) is 31.1 Å². The highest BCUT2D eigenvalue weighted by atomic mass is 16.2. The van der Waals surface area contributed by atoms with Crippen molar-refractivity contribution in [1.82, 2.24) is 24.5 Å². The fraction of sp³-hybridized carbons (Fsp3) is 0.500. The van der Waals surface area contributed by atoms with E-state index < -0.39 is 0 Å². The molecule has 1 aliphatic heterocycles. The number of fused-ring (bicyclic) bond motifs is 1. The minimum absolute atomic E-state index is 0.0799. The summed E-state index contributed by atoms with van der Waals surface area (Å²) < 4.78 is 1.82. The van der Waals surface area contributed by atoms with Gasteiger partial charge in [0.15, 0.2) is 0 Å². The maximum Gasteiger partial charge on any atom is 0.254 e. The van der Waals surface area contributed by atoms with Crippen molar-refractivity contribution < 1.29 is 4.79 Å². The van der Waals surface area contributed by atoms with Gasteiger partial charge in [-0.2, -0.15) is 9.50 Å². The van der Waals surface area contributed by atoms with Crippen LogP contribution in [0.4, 0.5) is 5.95 Å². The van der Waals surface area contributed by atoms with Crippen molar-refractivity contribution in [3.8, 4) is 11.3 Å². The molecule has 1 fully saturated rings. The molecule has 2 aromatic heterocycles. The average Bonchev–Trinajstić information content (AvgIpc) is 3.22. The summed E-state index contributed by atoms with van der Waals surface area (Å²) in [5.74, 6) is 1.58. The number of carbonyl (C=O) groups is 1. The fourth-order valence-electron chi connectivity index (χ4n) is 3.89. The van der Waals surface area contributed by atoms with E-state index in [2.05, 4.69) is 66.8 Å². The fourth-order valence-corrected chi connectivity index (χ4v) is 3.89. The molecule has 1 unspecified atom stereocenters. The van der Waals surface area contributed by atoms with E-state index in [0.29, 0.717) is 24.8 Å². The quantitative estimate of drug-likeness (QED) is 0.643. The Balaban J connectivity index is 1.55. The van der Waals surface area contributed by atoms with Gasteiger partial charge in [0.25, 0.3) is 5.78 Å². The lowest BCUT2D eigenvalue weighted by molar-refractivity contribution is -0.135. The number of piperazine rings is 1. The Morgan fingerprint density at radius 2 is 1.74 bits per heavy atom. The van der Waals surface area contributed by atoms with E-state index in [1.165, 1.54) is 5.56 Å². The normalized spacial score (nSPS) is 16.0. The highest BCUT2D eigenvalue weighted by molar-refractivity contribution is 5.78. The highest BCUT2D eigenvalue weighted by Crippen LogP contribution is 2.26. The maximum absolute atomic E-state index is 12.5. The molecular weight excluding hydrogens is 388 g/mol. The number of benzene rings is 1. The van der Waals surface area contributed by atoms with Crippen LogP contribution in [0.5, 0.6) is 0 Å². The number of hydrogen-bond donors (Lipinski definition) is 0. The first-order chi connectivity index (χ1) is 14.8. The lowest BCUT2D eigenvalue weighted by atomic mass is 9.86. The molecule has 0 bridgehead atoms. The van der Waals surface area contributed by atoms with E-state index in [0.717, 1.165) is 30.8 Å². The van der Waals surface area contributed by atoms with E-state index in [1.807, 2.05) is 22.4 Å². The van der Waals surface area contributed by atoms with Crippen LogP contribution in [0.2, 0.25) is 0 Å². The molecule has 1 atom stereocenters. The van der Waals surface area contributed by atoms with E-state index >= 15 is 0 Å². The molecule has 1 amide bonds. The topological polar surface area (TPSA) is 66.6 Å². The summed E-state index contributed by atoms with van der Waals surface area (Å²) in [6, 6.07) is 10.6. The molecule has 0 radical (unpaired) electrons. The van der Waals surface area contributed by atoms with Crippen molar-refractivity contribution in [2.24, 2.45) is 5.92 Å². The van der Waals surface area contributed by atoms with Gasteiger partial charge in [0.1, 0.15) is 0 Å². The Morgan fingerprint density at radius 1 is 1.06 bits per heavy atom. The second-order valence-electron chi connectivity index (χ2n) is 9.40. The molecule has 7 heteroatoms. The van der Waals surface area contributed by atoms with E-state index in [4.69, 9.17) is 5.10 Å². The molecule has 3 heterocycles. The van der Waals surface area contributed by atoms with Crippen LogP contribution in [0.15, 0.2) is 36.5 Å². The first kappa shape index (κ1) is 21.3. The molecule has 1 aliphatic rings. The molecule has 1 aromatic carbocycles. The van der Waals surface area contributed by atoms with E-state index in [1.54, 1.807) is 6.20 Å². The lowest BCUT2D eigenvalue weighted by Crippen LogP contribution is -2.50. The maximum atomic E-state index is 12.5. The van der Waals surface area contributed by atoms with Crippen LogP contribution >= 0.6 is 0 Å². The predicted octanol–water partition coefficient (Wildman–Crippen LogP) is 3.78. The van der Waals surface area contributed by atoms with Gasteiger partial charge in [0, 0.05) is 43.9 Å². The van der Waals surface area contributed by atoms with Gasteiger partial charge in [-0.25, -0.2) is 4.98 Å². The molecule has 31 heavy (non-hydrogen) atoms. The van der Waals surface area contributed by atoms with Crippen LogP contribution < -0.4 is 4.90 Å². The number of hydrogen-bond acceptors (Lipinski definition) is 5. The summed E-state index contributed by atoms with van der Waals surface area (Å²) in [7, 11) is 0. The minimum Gasteiger partial charge on any atom is -0.339 e. The minimum atomic E-state index is 0.0799. The average molecular weight is 421 g/mol. The Bertz CT molecular complexity index is 1060. The summed E-state index contributed by atoms with van der Waals surface area (Å²) in [5.41, 5.74) is 3.46. The largest absolute Gasteiger partial charge is 0.339 e. The van der Waals surface area contributed by atoms with Crippen molar-refractivity contribution in [3.63, 3.8) is 0 Å². The van der Waals surface area contributed by atoms with Gasteiger partial charge in [-0.05, 0) is 23.5 Å². The summed E-state index contributed by atoms with van der Waals surface area (Å²) >= 11 is 0. The van der Waals surface area contributed by atoms with Gasteiger partial charge < -0.3 is 9.80 Å². The van der Waals surface area contributed by atoms with Crippen LogP contribution in [0.1, 0.15) is 46.6 Å². The summed E-state index contributed by atoms with van der Waals surface area (Å²) in [4.78, 5) is 25.6. The standard InChI is InChI=1S/C24H32N6O/c1-6-17(2)21(31)28-13-15-29(16-14-28)23-26-22-25-12-11-20(30(22)27-23)18-7-9-19(10-8-18)24(3,4)5/h7-12,17H,6,13-16H2,1-5H3. The van der Waals surface area contributed by atoms with Crippen molar-refractivity contribution >= 4 is 17.6 Å². The van der Waals surface area contributed by atoms with Crippen LogP contribution in [0, 0.1) is 5.92 Å². The Hall–Kier alpha value is -2.96. The second-order valence-corrected chi connectivity index (χ2v) is 9.40. The summed E-state index contributed by atoms with van der Waals surface area (Å²) in [6.07, 6.45) is 2.65. The molecular formula is C24H32N6O. The molecule has 0 N–H and O–H groups in total. The van der Waals surface area contributed by atoms with Gasteiger partial charge in [-0.1, -0.05) is 58.9 Å². The first-order valence-corrected chi connectivity index (χ1v) is 11.1. The van der Waals surface area contributed by atoms with Crippen LogP contribution in [-0.2, 0) is 10.2 Å². The Morgan fingerprint density at radius 3 is 2.35 bits per heavy atom. The predicted molar refractivity (Wildman–Crippen MR) is 123 cm³/mol. The number of amides is 1. The van der Waals surface area contributed by atoms with Gasteiger partial charge in [-0.15, -0.1) is 5.10 Å². The van der Waals surface area contributed by atoms with Crippen LogP contribution in [-0.4, -0.2) is 56.6 Å². The number of aromatic nitrogens is 4. The van der Waals surface area contributed by atoms with Gasteiger partial charge in [0.05, 0.1) is 5.69 Å². The zero-order valence-corrected chi connectivity index (χ0v) is 19.2. The van der Waals surface area contributed by atoms with Crippen molar-refractivity contribution in [2.45, 2.75) is 46.5 Å². The number of carbonyl (C=O) groups excluding carboxylic acids is 1. The summed E-state index contributed by atoms with van der Waals surface area (Å²) in [6.45, 7) is 13.6. The molecule has 0 aliphatic carbocycles. The third-order valence-electron chi connectivity index (χ3n) is 6.18. The molecule has 164 valence electrons. The Kier molecular flexibility index (Phi) is 5.69. The van der Waals surface area contributed by atoms with E-state index in [-0.39, 0.29) is 17.2 Å². The number of nitrogens with zero attached hydrogens (tertiary/aromatic N) is 6. The van der Waals surface area contributed by atoms with Crippen LogP contribution in [0.3, 0.4) is 0 Å². The zero-order chi connectivity index (χ0) is 22.2. The number of rotatable bonds is 4. The smallest absolute Gasteiger partial charge is 0.254 e. The molecule has 3 aromatic rings. The first-order valence-electron chi connectivity index (χ1n) is 11.1. The third-order valence-corrected chi connectivity index (χ3v) is 6.18. The van der Waals surface area contributed by atoms with Crippen LogP contribution in [0.25, 0.3) is 17.0 Å². The molecule has 0 spiro atoms. The monoisotopic (exact) mass is 420 g/mol. The SMILES string of the molecule is CCC(C)C(=O)N1CCN(c2nc3nccc(-c4ccc(C(C)(C)C)cc4)n3n2)CC1. The van der Waals surface area contributed by atoms with Gasteiger partial charge in [-0.3, -0.25) is 4.79 Å². The van der Waals surface area contributed by atoms with Gasteiger partial charge >= 0.3 is 0 Å². The van der Waals surface area contributed by atoms with Crippen molar-refractivity contribution in [1.29, 1.82) is 0 Å². The molecule has 7 nitrogen and oxygen atoms in total. The van der Waals surface area contributed by atoms with Gasteiger partial charge in [0.2, 0.25) is 11.9 Å². The number of anilines is 1. The third kappa shape index (κ3) is 4.27.